The van der Waals surface area contributed by atoms with Crippen LogP contribution in [0.1, 0.15) is 24.2 Å². The van der Waals surface area contributed by atoms with Gasteiger partial charge in [-0.1, -0.05) is 22.9 Å². The number of halogens is 1. The van der Waals surface area contributed by atoms with Gasteiger partial charge in [-0.25, -0.2) is 13.4 Å². The van der Waals surface area contributed by atoms with E-state index in [0.29, 0.717) is 28.8 Å². The van der Waals surface area contributed by atoms with Gasteiger partial charge in [0.15, 0.2) is 0 Å². The van der Waals surface area contributed by atoms with Crippen LogP contribution in [0.2, 0.25) is 5.02 Å². The molecule has 1 aliphatic rings. The molecule has 4 rings (SSSR count). The number of hydrazine groups is 1. The first-order valence-corrected chi connectivity index (χ1v) is 12.2. The minimum Gasteiger partial charge on any atom is -0.373 e. The van der Waals surface area contributed by atoms with Gasteiger partial charge in [-0.15, -0.1) is 0 Å². The molecule has 2 atom stereocenters. The van der Waals surface area contributed by atoms with Crippen LogP contribution in [-0.4, -0.2) is 48.9 Å². The highest BCUT2D eigenvalue weighted by Crippen LogP contribution is 2.28. The van der Waals surface area contributed by atoms with E-state index in [9.17, 15) is 13.2 Å². The van der Waals surface area contributed by atoms with Crippen molar-refractivity contribution < 1.29 is 17.9 Å². The molecule has 164 valence electrons. The summed E-state index contributed by atoms with van der Waals surface area (Å²) in [4.78, 5) is 17.0. The minimum absolute atomic E-state index is 0.140. The van der Waals surface area contributed by atoms with E-state index in [4.69, 9.17) is 16.3 Å². The van der Waals surface area contributed by atoms with Crippen LogP contribution in [-0.2, 0) is 14.8 Å². The minimum atomic E-state index is -3.66. The maximum atomic E-state index is 12.9. The number of sulfonamides is 1. The molecule has 1 amide bonds. The van der Waals surface area contributed by atoms with E-state index < -0.39 is 15.9 Å². The Labute approximate surface area is 189 Å². The number of benzene rings is 2. The molecule has 0 spiro atoms. The fourth-order valence-corrected chi connectivity index (χ4v) is 6.07. The smallest absolute Gasteiger partial charge is 0.269 e. The van der Waals surface area contributed by atoms with Crippen LogP contribution in [0.3, 0.4) is 0 Å². The average molecular weight is 481 g/mol. The first-order valence-electron chi connectivity index (χ1n) is 9.60. The Bertz CT molecular complexity index is 1200. The first-order chi connectivity index (χ1) is 14.7. The summed E-state index contributed by atoms with van der Waals surface area (Å²) in [6, 6.07) is 11.2. The van der Waals surface area contributed by atoms with Gasteiger partial charge >= 0.3 is 0 Å². The molecule has 2 aromatic carbocycles. The van der Waals surface area contributed by atoms with E-state index in [0.717, 1.165) is 10.2 Å². The summed E-state index contributed by atoms with van der Waals surface area (Å²) in [5.41, 5.74) is 6.45. The molecule has 0 unspecified atom stereocenters. The lowest BCUT2D eigenvalue weighted by Gasteiger charge is -2.34. The summed E-state index contributed by atoms with van der Waals surface area (Å²) in [5, 5.41) is 1.13. The first kappa shape index (κ1) is 22.0. The highest BCUT2D eigenvalue weighted by molar-refractivity contribution is 7.89. The second-order valence-corrected chi connectivity index (χ2v) is 10.7. The zero-order valence-corrected chi connectivity index (χ0v) is 19.2. The number of nitrogens with zero attached hydrogens (tertiary/aromatic N) is 2. The number of carbonyl (C=O) groups is 1. The zero-order chi connectivity index (χ0) is 22.2. The molecular formula is C20H21ClN4O4S2. The molecule has 1 fully saturated rings. The number of ether oxygens (including phenoxy) is 1. The average Bonchev–Trinajstić information content (AvgIpc) is 3.13. The van der Waals surface area contributed by atoms with Crippen molar-refractivity contribution in [2.75, 3.05) is 18.5 Å². The van der Waals surface area contributed by atoms with E-state index in [1.807, 2.05) is 13.8 Å². The molecule has 2 N–H and O–H groups in total. The van der Waals surface area contributed by atoms with Crippen molar-refractivity contribution in [2.24, 2.45) is 0 Å². The molecule has 3 aromatic rings. The molecule has 1 aliphatic heterocycles. The van der Waals surface area contributed by atoms with Gasteiger partial charge in [-0.2, -0.15) is 4.31 Å². The topological polar surface area (TPSA) is 101 Å². The Hall–Kier alpha value is -2.24. The summed E-state index contributed by atoms with van der Waals surface area (Å²) in [5.74, 6) is -0.408. The Morgan fingerprint density at radius 1 is 1.16 bits per heavy atom. The molecule has 1 aromatic heterocycles. The predicted octanol–water partition coefficient (Wildman–Crippen LogP) is 3.50. The highest BCUT2D eigenvalue weighted by atomic mass is 35.5. The molecular weight excluding hydrogens is 460 g/mol. The summed E-state index contributed by atoms with van der Waals surface area (Å²) in [7, 11) is -3.66. The quantitative estimate of drug-likeness (QED) is 0.542. The van der Waals surface area contributed by atoms with Gasteiger partial charge in [0, 0.05) is 23.7 Å². The number of rotatable bonds is 5. The molecule has 0 aliphatic carbocycles. The molecule has 0 bridgehead atoms. The zero-order valence-electron chi connectivity index (χ0n) is 16.8. The molecule has 31 heavy (non-hydrogen) atoms. The van der Waals surface area contributed by atoms with E-state index in [1.54, 1.807) is 18.2 Å². The third-order valence-electron chi connectivity index (χ3n) is 4.77. The third-order valence-corrected chi connectivity index (χ3v) is 7.79. The fourth-order valence-electron chi connectivity index (χ4n) is 3.39. The largest absolute Gasteiger partial charge is 0.373 e. The highest BCUT2D eigenvalue weighted by Gasteiger charge is 2.32. The summed E-state index contributed by atoms with van der Waals surface area (Å²) < 4.78 is 33.8. The number of fused-ring (bicyclic) bond motifs is 1. The standard InChI is InChI=1S/C20H21ClN4O4S2/c1-12-10-25(11-13(2)29-12)31(27,28)16-6-3-14(4-7-16)19(26)23-24-20-22-17-8-5-15(21)9-18(17)30-20/h3-9,12-13H,10-11H2,1-2H3,(H,22,24)(H,23,26)/t12-,13+. The van der Waals surface area contributed by atoms with Crippen molar-refractivity contribution in [2.45, 2.75) is 31.0 Å². The van der Waals surface area contributed by atoms with E-state index in [1.165, 1.54) is 39.9 Å². The number of carbonyl (C=O) groups excluding carboxylic acids is 1. The van der Waals surface area contributed by atoms with Gasteiger partial charge < -0.3 is 4.74 Å². The number of morpholine rings is 1. The Morgan fingerprint density at radius 3 is 2.52 bits per heavy atom. The molecule has 11 heteroatoms. The molecule has 1 saturated heterocycles. The number of anilines is 1. The molecule has 0 saturated carbocycles. The van der Waals surface area contributed by atoms with Gasteiger partial charge in [0.2, 0.25) is 15.2 Å². The number of hydrogen-bond donors (Lipinski definition) is 2. The lowest BCUT2D eigenvalue weighted by atomic mass is 10.2. The summed E-state index contributed by atoms with van der Waals surface area (Å²) in [6.45, 7) is 4.29. The van der Waals surface area contributed by atoms with Crippen LogP contribution in [0, 0.1) is 0 Å². The van der Waals surface area contributed by atoms with Gasteiger partial charge in [0.05, 0.1) is 27.3 Å². The second kappa shape index (κ2) is 8.71. The fraction of sp³-hybridized carbons (Fsp3) is 0.300. The Balaban J connectivity index is 1.42. The van der Waals surface area contributed by atoms with E-state index in [-0.39, 0.29) is 17.1 Å². The monoisotopic (exact) mass is 480 g/mol. The Kier molecular flexibility index (Phi) is 6.18. The van der Waals surface area contributed by atoms with Crippen LogP contribution < -0.4 is 10.9 Å². The predicted molar refractivity (Wildman–Crippen MR) is 121 cm³/mol. The number of thiazole rings is 1. The molecule has 8 nitrogen and oxygen atoms in total. The van der Waals surface area contributed by atoms with Crippen LogP contribution >= 0.6 is 22.9 Å². The lowest BCUT2D eigenvalue weighted by molar-refractivity contribution is -0.0440. The van der Waals surface area contributed by atoms with Crippen LogP contribution in [0.15, 0.2) is 47.4 Å². The maximum Gasteiger partial charge on any atom is 0.269 e. The SMILES string of the molecule is C[C@@H]1CN(S(=O)(=O)c2ccc(C(=O)NNc3nc4ccc(Cl)cc4s3)cc2)C[C@H](C)O1. The normalized spacial score (nSPS) is 20.0. The lowest BCUT2D eigenvalue weighted by Crippen LogP contribution is -2.48. The number of hydrogen-bond acceptors (Lipinski definition) is 7. The van der Waals surface area contributed by atoms with Crippen molar-refractivity contribution in [3.8, 4) is 0 Å². The molecule has 2 heterocycles. The number of amides is 1. The van der Waals surface area contributed by atoms with Crippen molar-refractivity contribution in [3.63, 3.8) is 0 Å². The third kappa shape index (κ3) is 4.83. The second-order valence-electron chi connectivity index (χ2n) is 7.31. The maximum absolute atomic E-state index is 12.9. The van der Waals surface area contributed by atoms with Crippen LogP contribution in [0.5, 0.6) is 0 Å². The van der Waals surface area contributed by atoms with E-state index in [2.05, 4.69) is 15.8 Å². The van der Waals surface area contributed by atoms with Crippen LogP contribution in [0.4, 0.5) is 5.13 Å². The number of nitrogens with one attached hydrogen (secondary N) is 2. The van der Waals surface area contributed by atoms with Crippen molar-refractivity contribution in [3.05, 3.63) is 53.1 Å². The van der Waals surface area contributed by atoms with Crippen molar-refractivity contribution >= 4 is 54.2 Å². The van der Waals surface area contributed by atoms with Gasteiger partial charge in [0.1, 0.15) is 0 Å². The van der Waals surface area contributed by atoms with Crippen LogP contribution in [0.25, 0.3) is 10.2 Å². The Morgan fingerprint density at radius 2 is 1.84 bits per heavy atom. The van der Waals surface area contributed by atoms with Crippen molar-refractivity contribution in [1.82, 2.24) is 14.7 Å². The van der Waals surface area contributed by atoms with Gasteiger partial charge in [-0.05, 0) is 56.3 Å². The van der Waals surface area contributed by atoms with E-state index >= 15 is 0 Å². The van der Waals surface area contributed by atoms with Gasteiger partial charge in [-0.3, -0.25) is 15.6 Å². The van der Waals surface area contributed by atoms with Crippen molar-refractivity contribution in [1.29, 1.82) is 0 Å². The summed E-state index contributed by atoms with van der Waals surface area (Å²) in [6.07, 6.45) is -0.346. The number of aromatic nitrogens is 1. The molecule has 0 radical (unpaired) electrons. The summed E-state index contributed by atoms with van der Waals surface area (Å²) >= 11 is 7.33. The van der Waals surface area contributed by atoms with Gasteiger partial charge in [0.25, 0.3) is 5.91 Å².